The van der Waals surface area contributed by atoms with Crippen LogP contribution in [0, 0.1) is 11.8 Å². The number of hydrogen-bond donors (Lipinski definition) is 0. The molecule has 0 saturated heterocycles. The summed E-state index contributed by atoms with van der Waals surface area (Å²) in [5, 5.41) is 5.54. The van der Waals surface area contributed by atoms with Crippen molar-refractivity contribution in [2.75, 3.05) is 0 Å². The van der Waals surface area contributed by atoms with E-state index in [-0.39, 0.29) is 5.92 Å². The standard InChI is InChI=1S/C18H24BrN3O/c1-2-4-13-5-3-6-14(17(23)9-13)7-8-22-12-15-10-16(19)11-20-18(15)21-22/h10-14H,2-9H2,1H3. The van der Waals surface area contributed by atoms with Crippen LogP contribution in [-0.2, 0) is 11.3 Å². The Bertz CT molecular complexity index is 682. The van der Waals surface area contributed by atoms with Crippen molar-refractivity contribution in [3.05, 3.63) is 22.9 Å². The summed E-state index contributed by atoms with van der Waals surface area (Å²) >= 11 is 3.43. The normalized spacial score (nSPS) is 22.4. The maximum Gasteiger partial charge on any atom is 0.181 e. The summed E-state index contributed by atoms with van der Waals surface area (Å²) in [6.45, 7) is 3.00. The van der Waals surface area contributed by atoms with E-state index in [1.54, 1.807) is 6.20 Å². The van der Waals surface area contributed by atoms with Gasteiger partial charge in [0.05, 0.1) is 0 Å². The number of ketones is 1. The first kappa shape index (κ1) is 16.6. The summed E-state index contributed by atoms with van der Waals surface area (Å²) in [5.74, 6) is 1.30. The molecule has 3 rings (SSSR count). The molecule has 124 valence electrons. The molecule has 2 aromatic rings. The molecule has 2 atom stereocenters. The number of aryl methyl sites for hydroxylation is 1. The predicted molar refractivity (Wildman–Crippen MR) is 95.2 cm³/mol. The smallest absolute Gasteiger partial charge is 0.181 e. The number of halogens is 1. The molecule has 4 nitrogen and oxygen atoms in total. The topological polar surface area (TPSA) is 47.8 Å². The number of rotatable bonds is 5. The van der Waals surface area contributed by atoms with E-state index in [9.17, 15) is 4.79 Å². The van der Waals surface area contributed by atoms with E-state index in [0.29, 0.717) is 11.7 Å². The molecular formula is C18H24BrN3O. The predicted octanol–water partition coefficient (Wildman–Crippen LogP) is 4.76. The molecule has 2 unspecified atom stereocenters. The Morgan fingerprint density at radius 3 is 3.04 bits per heavy atom. The van der Waals surface area contributed by atoms with E-state index in [1.165, 1.54) is 25.7 Å². The Morgan fingerprint density at radius 2 is 2.22 bits per heavy atom. The van der Waals surface area contributed by atoms with Crippen LogP contribution in [0.25, 0.3) is 11.0 Å². The van der Waals surface area contributed by atoms with Gasteiger partial charge in [0.15, 0.2) is 5.65 Å². The van der Waals surface area contributed by atoms with Crippen molar-refractivity contribution in [1.29, 1.82) is 0 Å². The highest BCUT2D eigenvalue weighted by Gasteiger charge is 2.25. The molecular weight excluding hydrogens is 354 g/mol. The molecule has 1 aliphatic carbocycles. The lowest BCUT2D eigenvalue weighted by Crippen LogP contribution is -2.17. The molecule has 2 heterocycles. The fourth-order valence-electron chi connectivity index (χ4n) is 3.67. The van der Waals surface area contributed by atoms with E-state index in [0.717, 1.165) is 41.3 Å². The largest absolute Gasteiger partial charge is 0.299 e. The van der Waals surface area contributed by atoms with Gasteiger partial charge in [0.1, 0.15) is 5.78 Å². The monoisotopic (exact) mass is 377 g/mol. The minimum atomic E-state index is 0.212. The van der Waals surface area contributed by atoms with Crippen LogP contribution in [0.1, 0.15) is 51.9 Å². The van der Waals surface area contributed by atoms with Gasteiger partial charge in [-0.15, -0.1) is 0 Å². The second kappa shape index (κ2) is 7.56. The molecule has 1 fully saturated rings. The third kappa shape index (κ3) is 4.19. The molecule has 0 spiro atoms. The summed E-state index contributed by atoms with van der Waals surface area (Å²) in [5.41, 5.74) is 0.767. The summed E-state index contributed by atoms with van der Waals surface area (Å²) in [6, 6.07) is 2.03. The number of aromatic nitrogens is 3. The van der Waals surface area contributed by atoms with Crippen molar-refractivity contribution in [2.24, 2.45) is 11.8 Å². The zero-order valence-electron chi connectivity index (χ0n) is 13.7. The maximum absolute atomic E-state index is 12.5. The number of Topliss-reactive ketones (excluding diaryl/α,β-unsaturated/α-hetero) is 1. The lowest BCUT2D eigenvalue weighted by molar-refractivity contribution is -0.123. The fourth-order valence-corrected chi connectivity index (χ4v) is 4.02. The number of pyridine rings is 1. The van der Waals surface area contributed by atoms with Crippen LogP contribution in [-0.4, -0.2) is 20.5 Å². The van der Waals surface area contributed by atoms with E-state index in [4.69, 9.17) is 0 Å². The Kier molecular flexibility index (Phi) is 5.46. The van der Waals surface area contributed by atoms with E-state index < -0.39 is 0 Å². The van der Waals surface area contributed by atoms with Crippen molar-refractivity contribution in [2.45, 2.75) is 58.4 Å². The average Bonchev–Trinajstić information content (AvgIpc) is 2.83. The first-order valence-corrected chi connectivity index (χ1v) is 9.46. The summed E-state index contributed by atoms with van der Waals surface area (Å²) in [4.78, 5) is 16.8. The van der Waals surface area contributed by atoms with E-state index >= 15 is 0 Å². The fraction of sp³-hybridized carbons (Fsp3) is 0.611. The van der Waals surface area contributed by atoms with Crippen molar-refractivity contribution in [3.63, 3.8) is 0 Å². The van der Waals surface area contributed by atoms with Crippen LogP contribution in [0.2, 0.25) is 0 Å². The zero-order chi connectivity index (χ0) is 16.2. The minimum absolute atomic E-state index is 0.212. The van der Waals surface area contributed by atoms with Crippen molar-refractivity contribution in [3.8, 4) is 0 Å². The Balaban J connectivity index is 1.61. The molecule has 1 aliphatic rings. The van der Waals surface area contributed by atoms with Gasteiger partial charge in [-0.05, 0) is 40.8 Å². The minimum Gasteiger partial charge on any atom is -0.299 e. The summed E-state index contributed by atoms with van der Waals surface area (Å²) in [6.07, 6.45) is 11.3. The highest BCUT2D eigenvalue weighted by atomic mass is 79.9. The van der Waals surface area contributed by atoms with Gasteiger partial charge in [0, 0.05) is 41.1 Å². The quantitative estimate of drug-likeness (QED) is 0.705. The van der Waals surface area contributed by atoms with Gasteiger partial charge in [-0.3, -0.25) is 9.48 Å². The van der Waals surface area contributed by atoms with Gasteiger partial charge in [0.25, 0.3) is 0 Å². The van der Waals surface area contributed by atoms with Crippen molar-refractivity contribution in [1.82, 2.24) is 14.8 Å². The maximum atomic E-state index is 12.5. The van der Waals surface area contributed by atoms with Crippen LogP contribution >= 0.6 is 15.9 Å². The van der Waals surface area contributed by atoms with Crippen LogP contribution in [0.15, 0.2) is 22.9 Å². The summed E-state index contributed by atoms with van der Waals surface area (Å²) < 4.78 is 2.90. The number of fused-ring (bicyclic) bond motifs is 1. The van der Waals surface area contributed by atoms with Crippen molar-refractivity contribution < 1.29 is 4.79 Å². The summed E-state index contributed by atoms with van der Waals surface area (Å²) in [7, 11) is 0. The third-order valence-corrected chi connectivity index (χ3v) is 5.32. The molecule has 0 aromatic carbocycles. The average molecular weight is 378 g/mol. The van der Waals surface area contributed by atoms with Crippen LogP contribution in [0.5, 0.6) is 0 Å². The second-order valence-corrected chi connectivity index (χ2v) is 7.62. The number of nitrogens with zero attached hydrogens (tertiary/aromatic N) is 3. The SMILES string of the molecule is CCCC1CCCC(CCn2cc3cc(Br)cnc3n2)C(=O)C1. The molecule has 1 saturated carbocycles. The van der Waals surface area contributed by atoms with Gasteiger partial charge < -0.3 is 0 Å². The first-order chi connectivity index (χ1) is 11.2. The van der Waals surface area contributed by atoms with Gasteiger partial charge in [0.2, 0.25) is 0 Å². The van der Waals surface area contributed by atoms with Crippen LogP contribution < -0.4 is 0 Å². The van der Waals surface area contributed by atoms with Crippen LogP contribution in [0.4, 0.5) is 0 Å². The molecule has 5 heteroatoms. The molecule has 2 aromatic heterocycles. The van der Waals surface area contributed by atoms with Gasteiger partial charge in [-0.1, -0.05) is 32.6 Å². The molecule has 0 amide bonds. The van der Waals surface area contributed by atoms with Gasteiger partial charge in [-0.2, -0.15) is 5.10 Å². The van der Waals surface area contributed by atoms with Gasteiger partial charge in [-0.25, -0.2) is 4.98 Å². The highest BCUT2D eigenvalue weighted by molar-refractivity contribution is 9.10. The molecule has 0 N–H and O–H groups in total. The van der Waals surface area contributed by atoms with E-state index in [2.05, 4.69) is 32.9 Å². The number of carbonyl (C=O) groups excluding carboxylic acids is 1. The van der Waals surface area contributed by atoms with Crippen LogP contribution in [0.3, 0.4) is 0 Å². The Morgan fingerprint density at radius 1 is 1.35 bits per heavy atom. The molecule has 0 aliphatic heterocycles. The number of carbonyl (C=O) groups is 1. The van der Waals surface area contributed by atoms with Gasteiger partial charge >= 0.3 is 0 Å². The third-order valence-electron chi connectivity index (χ3n) is 4.89. The zero-order valence-corrected chi connectivity index (χ0v) is 15.3. The Labute approximate surface area is 145 Å². The highest BCUT2D eigenvalue weighted by Crippen LogP contribution is 2.29. The van der Waals surface area contributed by atoms with E-state index in [1.807, 2.05) is 16.9 Å². The first-order valence-electron chi connectivity index (χ1n) is 8.67. The molecule has 0 radical (unpaired) electrons. The lowest BCUT2D eigenvalue weighted by atomic mass is 9.92. The Hall–Kier alpha value is -1.23. The lowest BCUT2D eigenvalue weighted by Gasteiger charge is -2.14. The molecule has 23 heavy (non-hydrogen) atoms. The second-order valence-electron chi connectivity index (χ2n) is 6.70. The molecule has 0 bridgehead atoms. The van der Waals surface area contributed by atoms with Crippen molar-refractivity contribution >= 4 is 32.7 Å². The number of hydrogen-bond acceptors (Lipinski definition) is 3.